The van der Waals surface area contributed by atoms with Gasteiger partial charge in [0.05, 0.1) is 20.6 Å². The minimum Gasteiger partial charge on any atom is -0.469 e. The van der Waals surface area contributed by atoms with Crippen LogP contribution in [0.25, 0.3) is 0 Å². The average molecular weight is 200 g/mol. The average Bonchev–Trinajstić information content (AvgIpc) is 2.64. The molecule has 0 aliphatic carbocycles. The number of hydrazone groups is 1. The molecule has 0 aromatic heterocycles. The second-order valence-electron chi connectivity index (χ2n) is 2.83. The second kappa shape index (κ2) is 4.59. The summed E-state index contributed by atoms with van der Waals surface area (Å²) in [5.74, 6) is -1.13. The maximum absolute atomic E-state index is 11.1. The SMILES string of the molecule is COC(=O)CC1CNN=C1C(=O)OC. The van der Waals surface area contributed by atoms with Crippen LogP contribution in [0.5, 0.6) is 0 Å². The van der Waals surface area contributed by atoms with Crippen LogP contribution >= 0.6 is 0 Å². The lowest BCUT2D eigenvalue weighted by Gasteiger charge is -2.07. The first-order chi connectivity index (χ1) is 6.69. The third kappa shape index (κ3) is 2.21. The van der Waals surface area contributed by atoms with E-state index in [0.29, 0.717) is 6.54 Å². The molecule has 1 unspecified atom stereocenters. The molecule has 0 bridgehead atoms. The molecule has 1 rings (SSSR count). The Labute approximate surface area is 81.3 Å². The molecule has 0 saturated heterocycles. The zero-order valence-corrected chi connectivity index (χ0v) is 8.07. The number of nitrogens with zero attached hydrogens (tertiary/aromatic N) is 1. The van der Waals surface area contributed by atoms with Crippen LogP contribution in [0.1, 0.15) is 6.42 Å². The van der Waals surface area contributed by atoms with Crippen LogP contribution in [0.4, 0.5) is 0 Å². The van der Waals surface area contributed by atoms with Gasteiger partial charge in [0, 0.05) is 12.5 Å². The van der Waals surface area contributed by atoms with Crippen molar-refractivity contribution in [3.8, 4) is 0 Å². The van der Waals surface area contributed by atoms with Crippen LogP contribution in [0.15, 0.2) is 5.10 Å². The van der Waals surface area contributed by atoms with Crippen LogP contribution in [-0.2, 0) is 19.1 Å². The number of hydrogen-bond donors (Lipinski definition) is 1. The molecule has 0 aromatic carbocycles. The van der Waals surface area contributed by atoms with Crippen LogP contribution in [-0.4, -0.2) is 38.4 Å². The van der Waals surface area contributed by atoms with Crippen molar-refractivity contribution in [2.24, 2.45) is 11.0 Å². The molecular formula is C8H12N2O4. The second-order valence-corrected chi connectivity index (χ2v) is 2.83. The van der Waals surface area contributed by atoms with Crippen molar-refractivity contribution in [3.05, 3.63) is 0 Å². The molecule has 0 spiro atoms. The fourth-order valence-corrected chi connectivity index (χ4v) is 1.20. The molecule has 0 radical (unpaired) electrons. The van der Waals surface area contributed by atoms with Crippen molar-refractivity contribution in [2.45, 2.75) is 6.42 Å². The van der Waals surface area contributed by atoms with Gasteiger partial charge in [0.1, 0.15) is 0 Å². The number of rotatable bonds is 3. The van der Waals surface area contributed by atoms with Gasteiger partial charge in [-0.1, -0.05) is 0 Å². The number of carbonyl (C=O) groups excluding carboxylic acids is 2. The lowest BCUT2D eigenvalue weighted by molar-refractivity contribution is -0.141. The van der Waals surface area contributed by atoms with E-state index in [4.69, 9.17) is 0 Å². The van der Waals surface area contributed by atoms with Crippen molar-refractivity contribution < 1.29 is 19.1 Å². The van der Waals surface area contributed by atoms with E-state index in [9.17, 15) is 9.59 Å². The monoisotopic (exact) mass is 200 g/mol. The van der Waals surface area contributed by atoms with Crippen molar-refractivity contribution >= 4 is 17.7 Å². The summed E-state index contributed by atoms with van der Waals surface area (Å²) < 4.78 is 9.02. The highest BCUT2D eigenvalue weighted by Gasteiger charge is 2.30. The van der Waals surface area contributed by atoms with Crippen molar-refractivity contribution in [2.75, 3.05) is 20.8 Å². The Morgan fingerprint density at radius 2 is 2.21 bits per heavy atom. The van der Waals surface area contributed by atoms with E-state index in [2.05, 4.69) is 20.0 Å². The lowest BCUT2D eigenvalue weighted by atomic mass is 10.0. The van der Waals surface area contributed by atoms with Gasteiger partial charge in [-0.15, -0.1) is 0 Å². The Balaban J connectivity index is 2.58. The first-order valence-corrected chi connectivity index (χ1v) is 4.14. The third-order valence-corrected chi connectivity index (χ3v) is 1.96. The van der Waals surface area contributed by atoms with Gasteiger partial charge in [-0.3, -0.25) is 4.79 Å². The van der Waals surface area contributed by atoms with Gasteiger partial charge in [0.15, 0.2) is 5.71 Å². The van der Waals surface area contributed by atoms with Crippen molar-refractivity contribution in [3.63, 3.8) is 0 Å². The van der Waals surface area contributed by atoms with Gasteiger partial charge >= 0.3 is 11.9 Å². The van der Waals surface area contributed by atoms with E-state index in [0.717, 1.165) is 0 Å². The lowest BCUT2D eigenvalue weighted by Crippen LogP contribution is -2.26. The summed E-state index contributed by atoms with van der Waals surface area (Å²) in [6.07, 6.45) is 0.136. The molecule has 1 N–H and O–H groups in total. The molecule has 6 heteroatoms. The molecule has 78 valence electrons. The molecule has 1 aliphatic rings. The van der Waals surface area contributed by atoms with E-state index in [1.807, 2.05) is 0 Å². The minimum atomic E-state index is -0.510. The number of hydrogen-bond acceptors (Lipinski definition) is 6. The standard InChI is InChI=1S/C8H12N2O4/c1-13-6(11)3-5-4-9-10-7(5)8(12)14-2/h5,9H,3-4H2,1-2H3. The summed E-state index contributed by atoms with van der Waals surface area (Å²) in [4.78, 5) is 22.1. The molecule has 6 nitrogen and oxygen atoms in total. The van der Waals surface area contributed by atoms with Gasteiger partial charge < -0.3 is 14.9 Å². The molecule has 0 aromatic rings. The Hall–Kier alpha value is -1.59. The number of ether oxygens (including phenoxy) is 2. The summed E-state index contributed by atoms with van der Waals surface area (Å²) in [5, 5.41) is 3.76. The first kappa shape index (κ1) is 10.5. The summed E-state index contributed by atoms with van der Waals surface area (Å²) in [6.45, 7) is 0.458. The Bertz CT molecular complexity index is 275. The Kier molecular flexibility index (Phi) is 3.44. The Morgan fingerprint density at radius 3 is 2.79 bits per heavy atom. The summed E-state index contributed by atoms with van der Waals surface area (Å²) >= 11 is 0. The highest BCUT2D eigenvalue weighted by Crippen LogP contribution is 2.11. The fraction of sp³-hybridized carbons (Fsp3) is 0.625. The summed E-state index contributed by atoms with van der Waals surface area (Å²) in [5.41, 5.74) is 2.89. The zero-order chi connectivity index (χ0) is 10.6. The van der Waals surface area contributed by atoms with Gasteiger partial charge in [-0.05, 0) is 0 Å². The van der Waals surface area contributed by atoms with Gasteiger partial charge in [-0.2, -0.15) is 5.10 Å². The summed E-state index contributed by atoms with van der Waals surface area (Å²) in [6, 6.07) is 0. The maximum atomic E-state index is 11.1. The molecule has 0 saturated carbocycles. The van der Waals surface area contributed by atoms with Crippen LogP contribution < -0.4 is 5.43 Å². The van der Waals surface area contributed by atoms with E-state index in [1.54, 1.807) is 0 Å². The predicted octanol–water partition coefficient (Wildman–Crippen LogP) is -0.702. The smallest absolute Gasteiger partial charge is 0.354 e. The van der Waals surface area contributed by atoms with Crippen LogP contribution in [0.2, 0.25) is 0 Å². The molecule has 0 amide bonds. The summed E-state index contributed by atoms with van der Waals surface area (Å²) in [7, 11) is 2.58. The zero-order valence-electron chi connectivity index (χ0n) is 8.07. The maximum Gasteiger partial charge on any atom is 0.354 e. The number of carbonyl (C=O) groups is 2. The number of nitrogens with one attached hydrogen (secondary N) is 1. The van der Waals surface area contributed by atoms with Crippen LogP contribution in [0.3, 0.4) is 0 Å². The van der Waals surface area contributed by atoms with Gasteiger partial charge in [0.2, 0.25) is 0 Å². The highest BCUT2D eigenvalue weighted by molar-refractivity contribution is 6.37. The fourth-order valence-electron chi connectivity index (χ4n) is 1.20. The van der Waals surface area contributed by atoms with E-state index in [-0.39, 0.29) is 24.0 Å². The van der Waals surface area contributed by atoms with Crippen LogP contribution in [0, 0.1) is 5.92 Å². The van der Waals surface area contributed by atoms with E-state index >= 15 is 0 Å². The molecule has 1 atom stereocenters. The predicted molar refractivity (Wildman–Crippen MR) is 47.6 cm³/mol. The molecule has 0 fully saturated rings. The normalized spacial score (nSPS) is 19.6. The largest absolute Gasteiger partial charge is 0.469 e. The third-order valence-electron chi connectivity index (χ3n) is 1.96. The molecule has 1 heterocycles. The minimum absolute atomic E-state index is 0.136. The first-order valence-electron chi connectivity index (χ1n) is 4.14. The van der Waals surface area contributed by atoms with E-state index < -0.39 is 5.97 Å². The number of esters is 2. The van der Waals surface area contributed by atoms with E-state index in [1.165, 1.54) is 14.2 Å². The van der Waals surface area contributed by atoms with Crippen molar-refractivity contribution in [1.29, 1.82) is 0 Å². The molecule has 14 heavy (non-hydrogen) atoms. The molecular weight excluding hydrogens is 188 g/mol. The quantitative estimate of drug-likeness (QED) is 0.609. The topological polar surface area (TPSA) is 77.0 Å². The molecule has 1 aliphatic heterocycles. The number of methoxy groups -OCH3 is 2. The van der Waals surface area contributed by atoms with Crippen molar-refractivity contribution in [1.82, 2.24) is 5.43 Å². The highest BCUT2D eigenvalue weighted by atomic mass is 16.5. The van der Waals surface area contributed by atoms with Gasteiger partial charge in [-0.25, -0.2) is 4.79 Å². The van der Waals surface area contributed by atoms with Gasteiger partial charge in [0.25, 0.3) is 0 Å². The Morgan fingerprint density at radius 1 is 1.50 bits per heavy atom.